The average Bonchev–Trinajstić information content (AvgIpc) is 2.44. The Bertz CT molecular complexity index is 575. The number of amidine groups is 1. The van der Waals surface area contributed by atoms with Crippen molar-refractivity contribution in [2.45, 2.75) is 6.54 Å². The SMILES string of the molecule is NC1=NCN(Cc2ccccc2)c2ccccc21. The van der Waals surface area contributed by atoms with E-state index in [-0.39, 0.29) is 0 Å². The quantitative estimate of drug-likeness (QED) is 0.871. The maximum atomic E-state index is 5.93. The van der Waals surface area contributed by atoms with Crippen LogP contribution in [0, 0.1) is 0 Å². The highest BCUT2D eigenvalue weighted by Crippen LogP contribution is 2.25. The van der Waals surface area contributed by atoms with E-state index in [1.165, 1.54) is 5.56 Å². The summed E-state index contributed by atoms with van der Waals surface area (Å²) in [6, 6.07) is 18.6. The molecule has 0 bridgehead atoms. The number of benzene rings is 2. The normalized spacial score (nSPS) is 14.0. The molecule has 0 aliphatic carbocycles. The molecule has 2 aromatic rings. The van der Waals surface area contributed by atoms with Gasteiger partial charge in [-0.15, -0.1) is 0 Å². The highest BCUT2D eigenvalue weighted by Gasteiger charge is 2.17. The standard InChI is InChI=1S/C15H15N3/c16-15-13-8-4-5-9-14(13)18(11-17-15)10-12-6-2-1-3-7-12/h1-9H,10-11H2,(H2,16,17). The van der Waals surface area contributed by atoms with E-state index in [0.717, 1.165) is 17.8 Å². The van der Waals surface area contributed by atoms with Crippen molar-refractivity contribution in [3.05, 3.63) is 65.7 Å². The van der Waals surface area contributed by atoms with Gasteiger partial charge in [-0.3, -0.25) is 0 Å². The van der Waals surface area contributed by atoms with Crippen LogP contribution in [0.3, 0.4) is 0 Å². The zero-order chi connectivity index (χ0) is 12.4. The van der Waals surface area contributed by atoms with Crippen molar-refractivity contribution in [1.29, 1.82) is 0 Å². The van der Waals surface area contributed by atoms with Gasteiger partial charge in [-0.2, -0.15) is 0 Å². The summed E-state index contributed by atoms with van der Waals surface area (Å²) in [6.45, 7) is 1.48. The molecule has 0 fully saturated rings. The lowest BCUT2D eigenvalue weighted by atomic mass is 10.1. The molecule has 0 saturated heterocycles. The largest absolute Gasteiger partial charge is 0.383 e. The Labute approximate surface area is 107 Å². The summed E-state index contributed by atoms with van der Waals surface area (Å²) >= 11 is 0. The lowest BCUT2D eigenvalue weighted by Crippen LogP contribution is -2.32. The smallest absolute Gasteiger partial charge is 0.129 e. The van der Waals surface area contributed by atoms with E-state index in [9.17, 15) is 0 Å². The highest BCUT2D eigenvalue weighted by molar-refractivity contribution is 6.03. The first-order valence-corrected chi connectivity index (χ1v) is 6.03. The molecule has 2 aromatic carbocycles. The zero-order valence-electron chi connectivity index (χ0n) is 10.1. The summed E-state index contributed by atoms with van der Waals surface area (Å²) in [7, 11) is 0. The van der Waals surface area contributed by atoms with E-state index in [2.05, 4.69) is 40.2 Å². The van der Waals surface area contributed by atoms with Gasteiger partial charge in [0.25, 0.3) is 0 Å². The number of nitrogens with two attached hydrogens (primary N) is 1. The highest BCUT2D eigenvalue weighted by atomic mass is 15.2. The van der Waals surface area contributed by atoms with Gasteiger partial charge in [0, 0.05) is 17.8 Å². The van der Waals surface area contributed by atoms with Gasteiger partial charge < -0.3 is 10.6 Å². The molecule has 1 aliphatic rings. The minimum Gasteiger partial charge on any atom is -0.383 e. The topological polar surface area (TPSA) is 41.6 Å². The van der Waals surface area contributed by atoms with Crippen molar-refractivity contribution in [3.63, 3.8) is 0 Å². The lowest BCUT2D eigenvalue weighted by Gasteiger charge is -2.29. The monoisotopic (exact) mass is 237 g/mol. The molecule has 0 unspecified atom stereocenters. The second kappa shape index (κ2) is 4.53. The molecule has 0 saturated carbocycles. The molecule has 3 heteroatoms. The second-order valence-corrected chi connectivity index (χ2v) is 4.39. The Hall–Kier alpha value is -2.29. The molecule has 0 aromatic heterocycles. The first-order valence-electron chi connectivity index (χ1n) is 6.03. The Balaban J connectivity index is 1.92. The first-order chi connectivity index (χ1) is 8.84. The van der Waals surface area contributed by atoms with E-state index < -0.39 is 0 Å². The fraction of sp³-hybridized carbons (Fsp3) is 0.133. The van der Waals surface area contributed by atoms with E-state index in [1.54, 1.807) is 0 Å². The molecule has 0 amide bonds. The van der Waals surface area contributed by atoms with Gasteiger partial charge in [0.15, 0.2) is 0 Å². The minimum absolute atomic E-state index is 0.623. The predicted octanol–water partition coefficient (Wildman–Crippen LogP) is 2.37. The first kappa shape index (κ1) is 10.8. The van der Waals surface area contributed by atoms with Crippen LogP contribution in [0.2, 0.25) is 0 Å². The number of para-hydroxylation sites is 1. The number of fused-ring (bicyclic) bond motifs is 1. The summed E-state index contributed by atoms with van der Waals surface area (Å²) in [6.07, 6.45) is 0. The van der Waals surface area contributed by atoms with Crippen LogP contribution in [0.4, 0.5) is 5.69 Å². The maximum Gasteiger partial charge on any atom is 0.129 e. The second-order valence-electron chi connectivity index (χ2n) is 4.39. The van der Waals surface area contributed by atoms with Crippen LogP contribution < -0.4 is 10.6 Å². The van der Waals surface area contributed by atoms with Gasteiger partial charge in [-0.1, -0.05) is 42.5 Å². The third kappa shape index (κ3) is 1.95. The van der Waals surface area contributed by atoms with E-state index in [0.29, 0.717) is 12.5 Å². The van der Waals surface area contributed by atoms with Gasteiger partial charge >= 0.3 is 0 Å². The Kier molecular flexibility index (Phi) is 2.73. The van der Waals surface area contributed by atoms with Crippen LogP contribution in [0.25, 0.3) is 0 Å². The fourth-order valence-electron chi connectivity index (χ4n) is 2.23. The van der Waals surface area contributed by atoms with Crippen molar-refractivity contribution < 1.29 is 0 Å². The van der Waals surface area contributed by atoms with Gasteiger partial charge in [0.05, 0.1) is 0 Å². The fourth-order valence-corrected chi connectivity index (χ4v) is 2.23. The van der Waals surface area contributed by atoms with Crippen LogP contribution in [0.5, 0.6) is 0 Å². The summed E-state index contributed by atoms with van der Waals surface area (Å²) in [4.78, 5) is 6.61. The number of anilines is 1. The van der Waals surface area contributed by atoms with Crippen molar-refractivity contribution in [2.24, 2.45) is 10.7 Å². The van der Waals surface area contributed by atoms with Crippen LogP contribution in [0.15, 0.2) is 59.6 Å². The van der Waals surface area contributed by atoms with E-state index in [1.807, 2.05) is 24.3 Å². The van der Waals surface area contributed by atoms with E-state index >= 15 is 0 Å². The molecule has 0 atom stereocenters. The molecule has 0 radical (unpaired) electrons. The number of rotatable bonds is 2. The van der Waals surface area contributed by atoms with Crippen molar-refractivity contribution >= 4 is 11.5 Å². The molecular formula is C15H15N3. The maximum absolute atomic E-state index is 5.93. The van der Waals surface area contributed by atoms with Gasteiger partial charge in [-0.25, -0.2) is 4.99 Å². The third-order valence-corrected chi connectivity index (χ3v) is 3.15. The number of nitrogens with zero attached hydrogens (tertiary/aromatic N) is 2. The molecule has 2 N–H and O–H groups in total. The molecule has 1 heterocycles. The van der Waals surface area contributed by atoms with Crippen molar-refractivity contribution in [2.75, 3.05) is 11.6 Å². The van der Waals surface area contributed by atoms with Crippen LogP contribution in [0.1, 0.15) is 11.1 Å². The molecule has 1 aliphatic heterocycles. The lowest BCUT2D eigenvalue weighted by molar-refractivity contribution is 0.800. The molecule has 0 spiro atoms. The Morgan fingerprint density at radius 1 is 1.00 bits per heavy atom. The van der Waals surface area contributed by atoms with Gasteiger partial charge in [-0.05, 0) is 17.7 Å². The average molecular weight is 237 g/mol. The number of hydrogen-bond donors (Lipinski definition) is 1. The molecular weight excluding hydrogens is 222 g/mol. The minimum atomic E-state index is 0.623. The molecule has 18 heavy (non-hydrogen) atoms. The van der Waals surface area contributed by atoms with Crippen LogP contribution in [-0.2, 0) is 6.54 Å². The molecule has 3 rings (SSSR count). The summed E-state index contributed by atoms with van der Waals surface area (Å²) in [5.41, 5.74) is 9.39. The number of hydrogen-bond acceptors (Lipinski definition) is 3. The van der Waals surface area contributed by atoms with Gasteiger partial charge in [0.1, 0.15) is 12.5 Å². The Morgan fingerprint density at radius 3 is 2.56 bits per heavy atom. The summed E-state index contributed by atoms with van der Waals surface area (Å²) in [5, 5.41) is 0. The van der Waals surface area contributed by atoms with Gasteiger partial charge in [0.2, 0.25) is 0 Å². The molecule has 90 valence electrons. The van der Waals surface area contributed by atoms with Crippen LogP contribution in [-0.4, -0.2) is 12.5 Å². The van der Waals surface area contributed by atoms with Crippen molar-refractivity contribution in [1.82, 2.24) is 0 Å². The van der Waals surface area contributed by atoms with Crippen LogP contribution >= 0.6 is 0 Å². The van der Waals surface area contributed by atoms with Crippen molar-refractivity contribution in [3.8, 4) is 0 Å². The molecule has 3 nitrogen and oxygen atoms in total. The summed E-state index contributed by atoms with van der Waals surface area (Å²) < 4.78 is 0. The number of aliphatic imine (C=N–C) groups is 1. The zero-order valence-corrected chi connectivity index (χ0v) is 10.1. The predicted molar refractivity (Wildman–Crippen MR) is 74.7 cm³/mol. The third-order valence-electron chi connectivity index (χ3n) is 3.15. The van der Waals surface area contributed by atoms with E-state index in [4.69, 9.17) is 5.73 Å². The summed E-state index contributed by atoms with van der Waals surface area (Å²) in [5.74, 6) is 0.634. The Morgan fingerprint density at radius 2 is 1.72 bits per heavy atom.